The summed E-state index contributed by atoms with van der Waals surface area (Å²) in [5, 5.41) is 0. The molecule has 2 aromatic carbocycles. The zero-order valence-electron chi connectivity index (χ0n) is 15.8. The highest BCUT2D eigenvalue weighted by atomic mass is 19.1. The molecule has 2 aromatic rings. The SMILES string of the molecule is COc1ccc(CN2CCN(C(=O)c3ccc4c(c3)OCCO4)CC2)cc1F. The Morgan fingerprint density at radius 1 is 1.04 bits per heavy atom. The van der Waals surface area contributed by atoms with Gasteiger partial charge in [0, 0.05) is 38.3 Å². The zero-order valence-corrected chi connectivity index (χ0v) is 15.8. The van der Waals surface area contributed by atoms with Crippen molar-refractivity contribution >= 4 is 5.91 Å². The highest BCUT2D eigenvalue weighted by molar-refractivity contribution is 5.95. The van der Waals surface area contributed by atoms with Crippen molar-refractivity contribution in [3.8, 4) is 17.2 Å². The lowest BCUT2D eigenvalue weighted by atomic mass is 10.1. The number of fused-ring (bicyclic) bond motifs is 1. The van der Waals surface area contributed by atoms with E-state index in [4.69, 9.17) is 14.2 Å². The highest BCUT2D eigenvalue weighted by Gasteiger charge is 2.24. The molecule has 4 rings (SSSR count). The number of carbonyl (C=O) groups is 1. The van der Waals surface area contributed by atoms with E-state index in [2.05, 4.69) is 4.90 Å². The topological polar surface area (TPSA) is 51.2 Å². The minimum Gasteiger partial charge on any atom is -0.494 e. The minimum absolute atomic E-state index is 0.00730. The molecule has 0 unspecified atom stereocenters. The van der Waals surface area contributed by atoms with Crippen LogP contribution in [0.4, 0.5) is 4.39 Å². The van der Waals surface area contributed by atoms with Crippen molar-refractivity contribution in [2.24, 2.45) is 0 Å². The van der Waals surface area contributed by atoms with E-state index >= 15 is 0 Å². The van der Waals surface area contributed by atoms with Crippen LogP contribution in [0.3, 0.4) is 0 Å². The van der Waals surface area contributed by atoms with Crippen LogP contribution in [0.1, 0.15) is 15.9 Å². The van der Waals surface area contributed by atoms with E-state index in [0.717, 1.165) is 18.7 Å². The Labute approximate surface area is 163 Å². The fourth-order valence-electron chi connectivity index (χ4n) is 3.53. The number of ether oxygens (including phenoxy) is 3. The number of hydrogen-bond acceptors (Lipinski definition) is 5. The second-order valence-electron chi connectivity index (χ2n) is 6.90. The number of amides is 1. The summed E-state index contributed by atoms with van der Waals surface area (Å²) in [4.78, 5) is 16.9. The smallest absolute Gasteiger partial charge is 0.254 e. The van der Waals surface area contributed by atoms with Crippen LogP contribution in [-0.4, -0.2) is 62.2 Å². The Kier molecular flexibility index (Phi) is 5.34. The molecule has 6 nitrogen and oxygen atoms in total. The van der Waals surface area contributed by atoms with Crippen LogP contribution in [0.5, 0.6) is 17.2 Å². The number of carbonyl (C=O) groups excluding carboxylic acids is 1. The Bertz CT molecular complexity index is 865. The van der Waals surface area contributed by atoms with Crippen LogP contribution in [0.25, 0.3) is 0 Å². The zero-order chi connectivity index (χ0) is 19.5. The predicted molar refractivity (Wildman–Crippen MR) is 102 cm³/mol. The van der Waals surface area contributed by atoms with Gasteiger partial charge in [-0.3, -0.25) is 9.69 Å². The van der Waals surface area contributed by atoms with Gasteiger partial charge in [0.2, 0.25) is 0 Å². The number of benzene rings is 2. The van der Waals surface area contributed by atoms with Gasteiger partial charge in [0.1, 0.15) is 13.2 Å². The summed E-state index contributed by atoms with van der Waals surface area (Å²) in [5.41, 5.74) is 1.50. The van der Waals surface area contributed by atoms with E-state index in [-0.39, 0.29) is 17.5 Å². The third-order valence-electron chi connectivity index (χ3n) is 5.07. The van der Waals surface area contributed by atoms with Crippen LogP contribution in [0, 0.1) is 5.82 Å². The average molecular weight is 386 g/mol. The molecule has 0 aromatic heterocycles. The summed E-state index contributed by atoms with van der Waals surface area (Å²) in [6.07, 6.45) is 0. The standard InChI is InChI=1S/C21H23FN2O4/c1-26-18-4-2-15(12-17(18)22)14-23-6-8-24(9-7-23)21(25)16-3-5-19-20(13-16)28-11-10-27-19/h2-5,12-13H,6-11,14H2,1H3. The Balaban J connectivity index is 1.35. The minimum atomic E-state index is -0.354. The van der Waals surface area contributed by atoms with E-state index in [1.165, 1.54) is 13.2 Å². The molecule has 2 aliphatic rings. The summed E-state index contributed by atoms with van der Waals surface area (Å²) >= 11 is 0. The molecule has 0 atom stereocenters. The Hall–Kier alpha value is -2.80. The number of piperazine rings is 1. The summed E-state index contributed by atoms with van der Waals surface area (Å²) in [5.74, 6) is 1.19. The monoisotopic (exact) mass is 386 g/mol. The number of halogens is 1. The molecule has 2 heterocycles. The highest BCUT2D eigenvalue weighted by Crippen LogP contribution is 2.31. The molecule has 0 N–H and O–H groups in total. The van der Waals surface area contributed by atoms with Crippen molar-refractivity contribution in [3.05, 3.63) is 53.3 Å². The lowest BCUT2D eigenvalue weighted by Gasteiger charge is -2.35. The summed E-state index contributed by atoms with van der Waals surface area (Å²) in [6, 6.07) is 10.3. The van der Waals surface area contributed by atoms with Gasteiger partial charge in [-0.2, -0.15) is 0 Å². The van der Waals surface area contributed by atoms with Crippen molar-refractivity contribution < 1.29 is 23.4 Å². The first-order chi connectivity index (χ1) is 13.6. The van der Waals surface area contributed by atoms with Gasteiger partial charge in [-0.1, -0.05) is 6.07 Å². The number of hydrogen-bond donors (Lipinski definition) is 0. The molecule has 2 aliphatic heterocycles. The first kappa shape index (κ1) is 18.6. The molecule has 0 saturated carbocycles. The van der Waals surface area contributed by atoms with E-state index in [1.54, 1.807) is 24.3 Å². The molecule has 28 heavy (non-hydrogen) atoms. The van der Waals surface area contributed by atoms with E-state index < -0.39 is 0 Å². The van der Waals surface area contributed by atoms with Crippen molar-refractivity contribution in [1.29, 1.82) is 0 Å². The number of methoxy groups -OCH3 is 1. The van der Waals surface area contributed by atoms with Crippen LogP contribution < -0.4 is 14.2 Å². The maximum absolute atomic E-state index is 13.9. The second-order valence-corrected chi connectivity index (χ2v) is 6.90. The summed E-state index contributed by atoms with van der Waals surface area (Å²) < 4.78 is 29.9. The van der Waals surface area contributed by atoms with E-state index in [1.807, 2.05) is 11.0 Å². The van der Waals surface area contributed by atoms with Crippen LogP contribution in [-0.2, 0) is 6.54 Å². The van der Waals surface area contributed by atoms with Crippen molar-refractivity contribution in [2.45, 2.75) is 6.54 Å². The molecule has 0 spiro atoms. The van der Waals surface area contributed by atoms with Crippen molar-refractivity contribution in [3.63, 3.8) is 0 Å². The van der Waals surface area contributed by atoms with Gasteiger partial charge in [-0.25, -0.2) is 4.39 Å². The quantitative estimate of drug-likeness (QED) is 0.809. The molecule has 7 heteroatoms. The summed E-state index contributed by atoms with van der Waals surface area (Å²) in [7, 11) is 1.45. The van der Waals surface area contributed by atoms with Crippen LogP contribution in [0.2, 0.25) is 0 Å². The molecule has 148 valence electrons. The van der Waals surface area contributed by atoms with Crippen molar-refractivity contribution in [2.75, 3.05) is 46.5 Å². The van der Waals surface area contributed by atoms with Gasteiger partial charge in [-0.05, 0) is 35.9 Å². The van der Waals surface area contributed by atoms with Crippen LogP contribution >= 0.6 is 0 Å². The molecule has 0 radical (unpaired) electrons. The second kappa shape index (κ2) is 8.06. The third-order valence-corrected chi connectivity index (χ3v) is 5.07. The normalized spacial score (nSPS) is 16.7. The maximum atomic E-state index is 13.9. The predicted octanol–water partition coefficient (Wildman–Crippen LogP) is 2.56. The molecule has 1 amide bonds. The Morgan fingerprint density at radius 3 is 2.50 bits per heavy atom. The first-order valence-electron chi connectivity index (χ1n) is 9.38. The molecule has 1 saturated heterocycles. The van der Waals surface area contributed by atoms with Gasteiger partial charge in [0.25, 0.3) is 5.91 Å². The average Bonchev–Trinajstić information content (AvgIpc) is 2.73. The van der Waals surface area contributed by atoms with Crippen molar-refractivity contribution in [1.82, 2.24) is 9.80 Å². The molecule has 1 fully saturated rings. The largest absolute Gasteiger partial charge is 0.494 e. The Morgan fingerprint density at radius 2 is 1.79 bits per heavy atom. The van der Waals surface area contributed by atoms with Crippen LogP contribution in [0.15, 0.2) is 36.4 Å². The van der Waals surface area contributed by atoms with Gasteiger partial charge < -0.3 is 19.1 Å². The number of rotatable bonds is 4. The van der Waals surface area contributed by atoms with Gasteiger partial charge in [0.15, 0.2) is 23.1 Å². The fourth-order valence-corrected chi connectivity index (χ4v) is 3.53. The van der Waals surface area contributed by atoms with Gasteiger partial charge in [0.05, 0.1) is 7.11 Å². The molecule has 0 aliphatic carbocycles. The molecule has 0 bridgehead atoms. The lowest BCUT2D eigenvalue weighted by molar-refractivity contribution is 0.0627. The summed E-state index contributed by atoms with van der Waals surface area (Å²) in [6.45, 7) is 4.41. The van der Waals surface area contributed by atoms with Gasteiger partial charge in [-0.15, -0.1) is 0 Å². The molecular weight excluding hydrogens is 363 g/mol. The lowest BCUT2D eigenvalue weighted by Crippen LogP contribution is -2.48. The maximum Gasteiger partial charge on any atom is 0.254 e. The third kappa shape index (κ3) is 3.89. The van der Waals surface area contributed by atoms with Gasteiger partial charge >= 0.3 is 0 Å². The fraction of sp³-hybridized carbons (Fsp3) is 0.381. The molecular formula is C21H23FN2O4. The van der Waals surface area contributed by atoms with E-state index in [0.29, 0.717) is 49.9 Å². The number of nitrogens with zero attached hydrogens (tertiary/aromatic N) is 2. The van der Waals surface area contributed by atoms with E-state index in [9.17, 15) is 9.18 Å². The first-order valence-corrected chi connectivity index (χ1v) is 9.38.